The Morgan fingerprint density at radius 1 is 0.722 bits per heavy atom. The van der Waals surface area contributed by atoms with Gasteiger partial charge >= 0.3 is 0 Å². The molecule has 1 heteroatoms. The van der Waals surface area contributed by atoms with E-state index >= 15 is 0 Å². The maximum atomic E-state index is 12.0. The van der Waals surface area contributed by atoms with Crippen LogP contribution < -0.4 is 0 Å². The normalized spacial score (nSPS) is 16.1. The largest absolute Gasteiger partial charge is 0.294 e. The minimum atomic E-state index is 0.348. The highest BCUT2D eigenvalue weighted by molar-refractivity contribution is 6.03. The van der Waals surface area contributed by atoms with Gasteiger partial charge in [-0.2, -0.15) is 0 Å². The van der Waals surface area contributed by atoms with Crippen LogP contribution in [0.5, 0.6) is 0 Å². The fourth-order valence-corrected chi connectivity index (χ4v) is 3.40. The highest BCUT2D eigenvalue weighted by Gasteiger charge is 2.27. The summed E-state index contributed by atoms with van der Waals surface area (Å²) in [6.45, 7) is 0. The number of hydrogen-bond donors (Lipinski definition) is 0. The zero-order valence-corrected chi connectivity index (χ0v) is 10.2. The van der Waals surface area contributed by atoms with Crippen LogP contribution >= 0.6 is 0 Å². The molecule has 0 fully saturated rings. The Kier molecular flexibility index (Phi) is 1.99. The summed E-state index contributed by atoms with van der Waals surface area (Å²) in [5.41, 5.74) is 7.62. The summed E-state index contributed by atoms with van der Waals surface area (Å²) in [6, 6.07) is 12.9. The van der Waals surface area contributed by atoms with E-state index in [-0.39, 0.29) is 0 Å². The molecule has 2 aromatic rings. The Labute approximate surface area is 106 Å². The van der Waals surface area contributed by atoms with Crippen molar-refractivity contribution in [1.82, 2.24) is 0 Å². The molecule has 0 spiro atoms. The molecule has 0 saturated carbocycles. The van der Waals surface area contributed by atoms with E-state index in [1.54, 1.807) is 0 Å². The average Bonchev–Trinajstić information content (AvgIpc) is 2.80. The van der Waals surface area contributed by atoms with Crippen LogP contribution in [0.3, 0.4) is 0 Å². The average molecular weight is 234 g/mol. The molecule has 88 valence electrons. The smallest absolute Gasteiger partial charge is 0.163 e. The molecule has 0 aliphatic heterocycles. The number of carbonyl (C=O) groups excluding carboxylic acids is 1. The summed E-state index contributed by atoms with van der Waals surface area (Å²) in [7, 11) is 0. The number of Topliss-reactive ketones (excluding diaryl/α,β-unsaturated/α-hetero) is 1. The van der Waals surface area contributed by atoms with Crippen molar-refractivity contribution in [3.05, 3.63) is 58.7 Å². The van der Waals surface area contributed by atoms with Gasteiger partial charge in [0.2, 0.25) is 0 Å². The molecule has 2 aliphatic carbocycles. The minimum Gasteiger partial charge on any atom is -0.294 e. The fraction of sp³-hybridized carbons (Fsp3) is 0.235. The maximum Gasteiger partial charge on any atom is 0.163 e. The third-order valence-corrected chi connectivity index (χ3v) is 4.25. The van der Waals surface area contributed by atoms with Gasteiger partial charge in [0, 0.05) is 12.0 Å². The highest BCUT2D eigenvalue weighted by atomic mass is 16.1. The molecule has 0 radical (unpaired) electrons. The quantitative estimate of drug-likeness (QED) is 0.681. The molecule has 1 nitrogen and oxygen atoms in total. The molecule has 0 saturated heterocycles. The predicted molar refractivity (Wildman–Crippen MR) is 71.9 cm³/mol. The second-order valence-corrected chi connectivity index (χ2v) is 5.21. The molecule has 0 unspecified atom stereocenters. The molecule has 0 aromatic heterocycles. The van der Waals surface area contributed by atoms with Crippen LogP contribution in [0.2, 0.25) is 0 Å². The van der Waals surface area contributed by atoms with E-state index in [4.69, 9.17) is 0 Å². The standard InChI is InChI=1S/C17H14O/c18-16-10-7-12-6-8-14-13-4-2-1-3-11(13)5-9-15(14)17(12)16/h1-4,6,8H,5,7,9-10H2. The van der Waals surface area contributed by atoms with E-state index in [0.29, 0.717) is 12.2 Å². The second-order valence-electron chi connectivity index (χ2n) is 5.21. The number of ketones is 1. The first kappa shape index (κ1) is 10.1. The second kappa shape index (κ2) is 3.55. The fourth-order valence-electron chi connectivity index (χ4n) is 3.40. The van der Waals surface area contributed by atoms with Crippen LogP contribution in [0.1, 0.15) is 33.5 Å². The molecule has 4 rings (SSSR count). The van der Waals surface area contributed by atoms with Crippen molar-refractivity contribution in [2.45, 2.75) is 25.7 Å². The number of aryl methyl sites for hydroxylation is 2. The molecule has 0 N–H and O–H groups in total. The summed E-state index contributed by atoms with van der Waals surface area (Å²) in [5, 5.41) is 0. The lowest BCUT2D eigenvalue weighted by Crippen LogP contribution is -2.09. The zero-order valence-electron chi connectivity index (χ0n) is 10.2. The monoisotopic (exact) mass is 234 g/mol. The van der Waals surface area contributed by atoms with Gasteiger partial charge in [-0.15, -0.1) is 0 Å². The van der Waals surface area contributed by atoms with Crippen LogP contribution in [-0.2, 0) is 19.3 Å². The van der Waals surface area contributed by atoms with Gasteiger partial charge in [-0.3, -0.25) is 4.79 Å². The highest BCUT2D eigenvalue weighted by Crippen LogP contribution is 2.38. The van der Waals surface area contributed by atoms with Gasteiger partial charge in [0.25, 0.3) is 0 Å². The van der Waals surface area contributed by atoms with E-state index in [0.717, 1.165) is 24.8 Å². The first-order chi connectivity index (χ1) is 8.84. The Balaban J connectivity index is 2.03. The number of rotatable bonds is 0. The molecule has 0 heterocycles. The van der Waals surface area contributed by atoms with Gasteiger partial charge in [-0.05, 0) is 47.1 Å². The summed E-state index contributed by atoms with van der Waals surface area (Å²) < 4.78 is 0. The van der Waals surface area contributed by atoms with Crippen molar-refractivity contribution in [2.24, 2.45) is 0 Å². The Morgan fingerprint density at radius 3 is 2.50 bits per heavy atom. The van der Waals surface area contributed by atoms with Crippen LogP contribution in [0.25, 0.3) is 11.1 Å². The zero-order chi connectivity index (χ0) is 12.1. The number of hydrogen-bond acceptors (Lipinski definition) is 1. The van der Waals surface area contributed by atoms with Gasteiger partial charge in [0.1, 0.15) is 0 Å². The van der Waals surface area contributed by atoms with Crippen molar-refractivity contribution in [3.8, 4) is 11.1 Å². The van der Waals surface area contributed by atoms with Gasteiger partial charge in [0.05, 0.1) is 0 Å². The van der Waals surface area contributed by atoms with Crippen LogP contribution in [0.4, 0.5) is 0 Å². The van der Waals surface area contributed by atoms with Gasteiger partial charge in [-0.25, -0.2) is 0 Å². The van der Waals surface area contributed by atoms with Crippen LogP contribution in [-0.4, -0.2) is 5.78 Å². The first-order valence-electron chi connectivity index (χ1n) is 6.61. The molecular formula is C17H14O. The lowest BCUT2D eigenvalue weighted by atomic mass is 9.82. The maximum absolute atomic E-state index is 12.0. The number of carbonyl (C=O) groups is 1. The number of fused-ring (bicyclic) bond motifs is 5. The van der Waals surface area contributed by atoms with E-state index < -0.39 is 0 Å². The summed E-state index contributed by atoms with van der Waals surface area (Å²) in [4.78, 5) is 12.0. The molecule has 2 aliphatic rings. The SMILES string of the molecule is O=C1CCc2ccc3c(c21)CCc1ccccc1-3. The molecule has 18 heavy (non-hydrogen) atoms. The third kappa shape index (κ3) is 1.25. The predicted octanol–water partition coefficient (Wildman–Crippen LogP) is 3.58. The molecule has 0 bridgehead atoms. The van der Waals surface area contributed by atoms with E-state index in [1.165, 1.54) is 27.8 Å². The Hall–Kier alpha value is -1.89. The Bertz CT molecular complexity index is 667. The summed E-state index contributed by atoms with van der Waals surface area (Å²) in [5.74, 6) is 0.348. The van der Waals surface area contributed by atoms with Gasteiger partial charge in [0.15, 0.2) is 5.78 Å². The lowest BCUT2D eigenvalue weighted by molar-refractivity contribution is 0.0994. The van der Waals surface area contributed by atoms with Crippen molar-refractivity contribution in [2.75, 3.05) is 0 Å². The Morgan fingerprint density at radius 2 is 1.56 bits per heavy atom. The van der Waals surface area contributed by atoms with E-state index in [1.807, 2.05) is 0 Å². The third-order valence-electron chi connectivity index (χ3n) is 4.25. The van der Waals surface area contributed by atoms with Crippen LogP contribution in [0, 0.1) is 0 Å². The molecule has 2 aromatic carbocycles. The summed E-state index contributed by atoms with van der Waals surface area (Å²) >= 11 is 0. The van der Waals surface area contributed by atoms with Gasteiger partial charge in [-0.1, -0.05) is 36.4 Å². The van der Waals surface area contributed by atoms with Crippen molar-refractivity contribution >= 4 is 5.78 Å². The molecule has 0 amide bonds. The van der Waals surface area contributed by atoms with Crippen molar-refractivity contribution in [1.29, 1.82) is 0 Å². The summed E-state index contributed by atoms with van der Waals surface area (Å²) in [6.07, 6.45) is 3.71. The van der Waals surface area contributed by atoms with E-state index in [2.05, 4.69) is 36.4 Å². The van der Waals surface area contributed by atoms with Crippen LogP contribution in [0.15, 0.2) is 36.4 Å². The first-order valence-corrected chi connectivity index (χ1v) is 6.61. The van der Waals surface area contributed by atoms with Gasteiger partial charge < -0.3 is 0 Å². The molecular weight excluding hydrogens is 220 g/mol. The molecule has 0 atom stereocenters. The lowest BCUT2D eigenvalue weighted by Gasteiger charge is -2.22. The topological polar surface area (TPSA) is 17.1 Å². The number of benzene rings is 2. The van der Waals surface area contributed by atoms with E-state index in [9.17, 15) is 4.79 Å². The minimum absolute atomic E-state index is 0.348. The van der Waals surface area contributed by atoms with Crippen molar-refractivity contribution < 1.29 is 4.79 Å². The van der Waals surface area contributed by atoms with Crippen molar-refractivity contribution in [3.63, 3.8) is 0 Å².